The number of aliphatic hydroxyl groups excluding tert-OH is 2. The number of benzene rings is 1. The van der Waals surface area contributed by atoms with Crippen LogP contribution in [-0.4, -0.2) is 23.4 Å². The largest absolute Gasteiger partial charge is 0.396 e. The first-order chi connectivity index (χ1) is 7.02. The highest BCUT2D eigenvalue weighted by molar-refractivity contribution is 5.34. The van der Waals surface area contributed by atoms with Gasteiger partial charge in [0.25, 0.3) is 0 Å². The molecule has 2 N–H and O–H groups in total. The fourth-order valence-corrected chi connectivity index (χ4v) is 1.72. The molecule has 0 aliphatic rings. The van der Waals surface area contributed by atoms with Crippen molar-refractivity contribution >= 4 is 0 Å². The molecule has 0 radical (unpaired) electrons. The minimum atomic E-state index is -0.420. The number of hydrogen-bond donors (Lipinski definition) is 2. The lowest BCUT2D eigenvalue weighted by atomic mass is 9.82. The molecule has 2 heteroatoms. The fraction of sp³-hybridized carbons (Fsp3) is 0.538. The minimum absolute atomic E-state index is 0.0112. The van der Waals surface area contributed by atoms with Crippen LogP contribution in [0.2, 0.25) is 0 Å². The summed E-state index contributed by atoms with van der Waals surface area (Å²) in [7, 11) is 0. The summed E-state index contributed by atoms with van der Waals surface area (Å²) in [6.07, 6.45) is 0.721. The van der Waals surface area contributed by atoms with Crippen LogP contribution < -0.4 is 0 Å². The van der Waals surface area contributed by atoms with Crippen molar-refractivity contribution < 1.29 is 10.2 Å². The van der Waals surface area contributed by atoms with Crippen LogP contribution >= 0.6 is 0 Å². The quantitative estimate of drug-likeness (QED) is 0.792. The molecule has 0 bridgehead atoms. The third kappa shape index (κ3) is 2.80. The van der Waals surface area contributed by atoms with Crippen molar-refractivity contribution in [3.63, 3.8) is 0 Å². The highest BCUT2D eigenvalue weighted by Gasteiger charge is 2.24. The van der Waals surface area contributed by atoms with Gasteiger partial charge in [0.1, 0.15) is 0 Å². The highest BCUT2D eigenvalue weighted by atomic mass is 16.3. The Hall–Kier alpha value is -0.860. The summed E-state index contributed by atoms with van der Waals surface area (Å²) in [5.41, 5.74) is 3.27. The van der Waals surface area contributed by atoms with Gasteiger partial charge in [-0.25, -0.2) is 0 Å². The van der Waals surface area contributed by atoms with Gasteiger partial charge in [0.2, 0.25) is 0 Å². The number of aliphatic hydroxyl groups is 2. The smallest absolute Gasteiger partial charge is 0.0509 e. The summed E-state index contributed by atoms with van der Waals surface area (Å²) in [6, 6.07) is 6.17. The van der Waals surface area contributed by atoms with Crippen molar-refractivity contribution in [2.45, 2.75) is 27.2 Å². The molecule has 0 heterocycles. The Balaban J connectivity index is 2.98. The first-order valence-corrected chi connectivity index (χ1v) is 5.29. The predicted molar refractivity (Wildman–Crippen MR) is 61.9 cm³/mol. The summed E-state index contributed by atoms with van der Waals surface area (Å²) in [5.74, 6) is 0. The minimum Gasteiger partial charge on any atom is -0.396 e. The lowest BCUT2D eigenvalue weighted by Crippen LogP contribution is -2.29. The summed E-state index contributed by atoms with van der Waals surface area (Å²) in [5, 5.41) is 18.5. The molecule has 0 atom stereocenters. The molecule has 1 rings (SSSR count). The molecule has 0 unspecified atom stereocenters. The molecule has 0 saturated heterocycles. The Labute approximate surface area is 91.6 Å². The third-order valence-corrected chi connectivity index (χ3v) is 3.01. The zero-order chi connectivity index (χ0) is 11.5. The molecular formula is C13H20O2. The second-order valence-electron chi connectivity index (χ2n) is 4.67. The Bertz CT molecular complexity index is 307. The molecular weight excluding hydrogens is 188 g/mol. The van der Waals surface area contributed by atoms with Crippen LogP contribution in [0.5, 0.6) is 0 Å². The third-order valence-electron chi connectivity index (χ3n) is 3.01. The molecule has 2 nitrogen and oxygen atoms in total. The lowest BCUT2D eigenvalue weighted by Gasteiger charge is -2.26. The van der Waals surface area contributed by atoms with Gasteiger partial charge in [-0.15, -0.1) is 0 Å². The molecule has 0 fully saturated rings. The number of rotatable bonds is 4. The Morgan fingerprint density at radius 2 is 1.53 bits per heavy atom. The van der Waals surface area contributed by atoms with E-state index in [9.17, 15) is 10.2 Å². The molecule has 0 aliphatic carbocycles. The summed E-state index contributed by atoms with van der Waals surface area (Å²) in [6.45, 7) is 6.06. The maximum Gasteiger partial charge on any atom is 0.0509 e. The van der Waals surface area contributed by atoms with E-state index >= 15 is 0 Å². The van der Waals surface area contributed by atoms with E-state index in [1.165, 1.54) is 16.7 Å². The van der Waals surface area contributed by atoms with E-state index in [-0.39, 0.29) is 13.2 Å². The van der Waals surface area contributed by atoms with Gasteiger partial charge in [-0.2, -0.15) is 0 Å². The van der Waals surface area contributed by atoms with Gasteiger partial charge in [-0.1, -0.05) is 25.1 Å². The van der Waals surface area contributed by atoms with Crippen molar-refractivity contribution in [3.05, 3.63) is 34.9 Å². The van der Waals surface area contributed by atoms with Crippen molar-refractivity contribution in [1.82, 2.24) is 0 Å². The molecule has 0 saturated carbocycles. The molecule has 0 aliphatic heterocycles. The summed E-state index contributed by atoms with van der Waals surface area (Å²) >= 11 is 0. The van der Waals surface area contributed by atoms with E-state index in [1.54, 1.807) is 0 Å². The van der Waals surface area contributed by atoms with Gasteiger partial charge in [0.15, 0.2) is 0 Å². The maximum atomic E-state index is 9.27. The molecule has 0 spiro atoms. The Morgan fingerprint density at radius 1 is 1.07 bits per heavy atom. The lowest BCUT2D eigenvalue weighted by molar-refractivity contribution is 0.0701. The molecule has 1 aromatic carbocycles. The van der Waals surface area contributed by atoms with Crippen LogP contribution in [0.15, 0.2) is 18.2 Å². The van der Waals surface area contributed by atoms with Gasteiger partial charge in [0, 0.05) is 5.41 Å². The monoisotopic (exact) mass is 208 g/mol. The zero-order valence-corrected chi connectivity index (χ0v) is 9.75. The Kier molecular flexibility index (Phi) is 3.89. The second kappa shape index (κ2) is 4.77. The van der Waals surface area contributed by atoms with Crippen molar-refractivity contribution in [3.8, 4) is 0 Å². The first-order valence-electron chi connectivity index (χ1n) is 5.29. The number of hydrogen-bond acceptors (Lipinski definition) is 2. The SMILES string of the molecule is Cc1cccc(C)c1CC(C)(CO)CO. The summed E-state index contributed by atoms with van der Waals surface area (Å²) in [4.78, 5) is 0. The summed E-state index contributed by atoms with van der Waals surface area (Å²) < 4.78 is 0. The molecule has 15 heavy (non-hydrogen) atoms. The van der Waals surface area contributed by atoms with E-state index in [4.69, 9.17) is 0 Å². The first kappa shape index (κ1) is 12.2. The maximum absolute atomic E-state index is 9.27. The fourth-order valence-electron chi connectivity index (χ4n) is 1.72. The van der Waals surface area contributed by atoms with Crippen LogP contribution in [0.3, 0.4) is 0 Å². The van der Waals surface area contributed by atoms with Crippen LogP contribution in [0, 0.1) is 19.3 Å². The highest BCUT2D eigenvalue weighted by Crippen LogP contribution is 2.25. The van der Waals surface area contributed by atoms with Crippen molar-refractivity contribution in [2.24, 2.45) is 5.41 Å². The van der Waals surface area contributed by atoms with Crippen molar-refractivity contribution in [2.75, 3.05) is 13.2 Å². The predicted octanol–water partition coefficient (Wildman–Crippen LogP) is 1.84. The van der Waals surface area contributed by atoms with E-state index in [0.29, 0.717) is 0 Å². The molecule has 0 aromatic heterocycles. The number of aryl methyl sites for hydroxylation is 2. The van der Waals surface area contributed by atoms with E-state index < -0.39 is 5.41 Å². The van der Waals surface area contributed by atoms with Gasteiger partial charge in [-0.05, 0) is 37.0 Å². The van der Waals surface area contributed by atoms with Crippen molar-refractivity contribution in [1.29, 1.82) is 0 Å². The van der Waals surface area contributed by atoms with Gasteiger partial charge in [0.05, 0.1) is 13.2 Å². The van der Waals surface area contributed by atoms with Crippen LogP contribution in [0.25, 0.3) is 0 Å². The zero-order valence-electron chi connectivity index (χ0n) is 9.75. The topological polar surface area (TPSA) is 40.5 Å². The van der Waals surface area contributed by atoms with Gasteiger partial charge in [-0.3, -0.25) is 0 Å². The average Bonchev–Trinajstić information content (AvgIpc) is 2.23. The van der Waals surface area contributed by atoms with E-state index in [1.807, 2.05) is 13.0 Å². The van der Waals surface area contributed by atoms with Crippen LogP contribution in [-0.2, 0) is 6.42 Å². The standard InChI is InChI=1S/C13H20O2/c1-10-5-4-6-11(2)12(10)7-13(3,8-14)9-15/h4-6,14-15H,7-9H2,1-3H3. The van der Waals surface area contributed by atoms with Crippen LogP contribution in [0.4, 0.5) is 0 Å². The second-order valence-corrected chi connectivity index (χ2v) is 4.67. The van der Waals surface area contributed by atoms with E-state index in [2.05, 4.69) is 26.0 Å². The molecule has 0 amide bonds. The molecule has 1 aromatic rings. The van der Waals surface area contributed by atoms with Gasteiger partial charge >= 0.3 is 0 Å². The molecule has 84 valence electrons. The van der Waals surface area contributed by atoms with Crippen LogP contribution in [0.1, 0.15) is 23.6 Å². The van der Waals surface area contributed by atoms with E-state index in [0.717, 1.165) is 6.42 Å². The van der Waals surface area contributed by atoms with Gasteiger partial charge < -0.3 is 10.2 Å². The normalized spacial score (nSPS) is 11.8. The Morgan fingerprint density at radius 3 is 1.93 bits per heavy atom. The average molecular weight is 208 g/mol.